The summed E-state index contributed by atoms with van der Waals surface area (Å²) in [5, 5.41) is 0. The van der Waals surface area contributed by atoms with E-state index in [0.29, 0.717) is 5.41 Å². The highest BCUT2D eigenvalue weighted by Crippen LogP contribution is 2.22. The summed E-state index contributed by atoms with van der Waals surface area (Å²) in [5.74, 6) is 0. The van der Waals surface area contributed by atoms with Crippen molar-refractivity contribution in [1.29, 1.82) is 0 Å². The average molecular weight is 215 g/mol. The van der Waals surface area contributed by atoms with Crippen LogP contribution in [0.15, 0.2) is 24.3 Å². The fourth-order valence-electron chi connectivity index (χ4n) is 1.72. The van der Waals surface area contributed by atoms with E-state index in [1.165, 1.54) is 24.8 Å². The minimum atomic E-state index is 0.452. The van der Waals surface area contributed by atoms with Crippen molar-refractivity contribution in [3.63, 3.8) is 0 Å². The van der Waals surface area contributed by atoms with E-state index < -0.39 is 0 Å². The Morgan fingerprint density at radius 2 is 1.69 bits per heavy atom. The molecule has 0 aliphatic carbocycles. The lowest BCUT2D eigenvalue weighted by atomic mass is 9.89. The molecule has 1 rings (SSSR count). The van der Waals surface area contributed by atoms with Gasteiger partial charge in [-0.3, -0.25) is 0 Å². The van der Waals surface area contributed by atoms with Gasteiger partial charge in [0.2, 0.25) is 0 Å². The predicted molar refractivity (Wildman–Crippen MR) is 69.7 cm³/mol. The summed E-state index contributed by atoms with van der Waals surface area (Å²) in [6.07, 6.45) is 4.95. The largest absolute Gasteiger partial charge is 0.238 e. The normalized spacial score (nSPS) is 11.1. The van der Waals surface area contributed by atoms with Crippen LogP contribution in [-0.4, -0.2) is 0 Å². The number of aryl methyl sites for hydroxylation is 1. The Kier molecular flexibility index (Phi) is 4.55. The van der Waals surface area contributed by atoms with Crippen LogP contribution in [-0.2, 0) is 6.42 Å². The lowest BCUT2D eigenvalue weighted by molar-refractivity contribution is 0.360. The number of nitrogens with zero attached hydrogens (tertiary/aromatic N) is 1. The Morgan fingerprint density at radius 3 is 2.19 bits per heavy atom. The van der Waals surface area contributed by atoms with Gasteiger partial charge < -0.3 is 0 Å². The second kappa shape index (κ2) is 5.70. The maximum atomic E-state index is 6.88. The van der Waals surface area contributed by atoms with Gasteiger partial charge in [0.05, 0.1) is 6.57 Å². The monoisotopic (exact) mass is 215 g/mol. The molecule has 0 aromatic heterocycles. The van der Waals surface area contributed by atoms with Gasteiger partial charge in [0, 0.05) is 0 Å². The van der Waals surface area contributed by atoms with Crippen LogP contribution < -0.4 is 0 Å². The molecule has 0 heterocycles. The zero-order valence-corrected chi connectivity index (χ0v) is 10.6. The van der Waals surface area contributed by atoms with Gasteiger partial charge in [-0.15, -0.1) is 0 Å². The van der Waals surface area contributed by atoms with Crippen LogP contribution in [0, 0.1) is 12.0 Å². The zero-order valence-electron chi connectivity index (χ0n) is 10.6. The minimum absolute atomic E-state index is 0.452. The van der Waals surface area contributed by atoms with Crippen molar-refractivity contribution in [3.8, 4) is 0 Å². The molecular formula is C15H21N. The minimum Gasteiger partial charge on any atom is -0.238 e. The molecular weight excluding hydrogens is 194 g/mol. The van der Waals surface area contributed by atoms with E-state index in [0.717, 1.165) is 12.1 Å². The number of unbranched alkanes of at least 4 members (excludes halogenated alkanes) is 1. The Bertz CT molecular complexity index is 349. The molecule has 86 valence electrons. The molecule has 0 saturated carbocycles. The van der Waals surface area contributed by atoms with Crippen molar-refractivity contribution in [1.82, 2.24) is 0 Å². The van der Waals surface area contributed by atoms with Gasteiger partial charge in [-0.25, -0.2) is 4.85 Å². The smallest absolute Gasteiger partial charge is 0.187 e. The quantitative estimate of drug-likeness (QED) is 0.492. The van der Waals surface area contributed by atoms with Crippen molar-refractivity contribution in [2.45, 2.75) is 46.5 Å². The van der Waals surface area contributed by atoms with Gasteiger partial charge in [-0.05, 0) is 24.7 Å². The highest BCUT2D eigenvalue weighted by atomic mass is 14.6. The Balaban J connectivity index is 2.30. The van der Waals surface area contributed by atoms with E-state index in [9.17, 15) is 0 Å². The van der Waals surface area contributed by atoms with E-state index in [-0.39, 0.29) is 0 Å². The van der Waals surface area contributed by atoms with Gasteiger partial charge in [-0.1, -0.05) is 57.0 Å². The molecule has 0 atom stereocenters. The molecule has 1 nitrogen and oxygen atoms in total. The highest BCUT2D eigenvalue weighted by molar-refractivity contribution is 5.45. The molecule has 0 aliphatic heterocycles. The van der Waals surface area contributed by atoms with Crippen molar-refractivity contribution in [2.24, 2.45) is 5.41 Å². The van der Waals surface area contributed by atoms with Gasteiger partial charge in [0.1, 0.15) is 0 Å². The van der Waals surface area contributed by atoms with Crippen molar-refractivity contribution in [2.75, 3.05) is 0 Å². The van der Waals surface area contributed by atoms with Crippen LogP contribution in [0.2, 0.25) is 0 Å². The maximum absolute atomic E-state index is 6.88. The molecule has 0 aliphatic rings. The van der Waals surface area contributed by atoms with E-state index in [2.05, 4.69) is 37.7 Å². The van der Waals surface area contributed by atoms with Crippen LogP contribution in [0.25, 0.3) is 4.85 Å². The van der Waals surface area contributed by atoms with E-state index >= 15 is 0 Å². The summed E-state index contributed by atoms with van der Waals surface area (Å²) >= 11 is 0. The number of benzene rings is 1. The molecule has 1 aromatic rings. The molecule has 0 amide bonds. The second-order valence-electron chi connectivity index (χ2n) is 5.55. The number of hydrogen-bond acceptors (Lipinski definition) is 0. The average Bonchev–Trinajstić information content (AvgIpc) is 2.24. The van der Waals surface area contributed by atoms with E-state index in [1.54, 1.807) is 0 Å². The van der Waals surface area contributed by atoms with Gasteiger partial charge in [0.25, 0.3) is 0 Å². The third-order valence-corrected chi connectivity index (χ3v) is 2.71. The fraction of sp³-hybridized carbons (Fsp3) is 0.533. The highest BCUT2D eigenvalue weighted by Gasteiger charge is 2.08. The Morgan fingerprint density at radius 1 is 1.06 bits per heavy atom. The number of rotatable bonds is 4. The van der Waals surface area contributed by atoms with E-state index in [1.807, 2.05) is 12.1 Å². The molecule has 0 fully saturated rings. The summed E-state index contributed by atoms with van der Waals surface area (Å²) < 4.78 is 0. The first kappa shape index (κ1) is 12.8. The maximum Gasteiger partial charge on any atom is 0.187 e. The zero-order chi connectivity index (χ0) is 12.0. The summed E-state index contributed by atoms with van der Waals surface area (Å²) in [6.45, 7) is 13.7. The Labute approximate surface area is 99.3 Å². The molecule has 16 heavy (non-hydrogen) atoms. The predicted octanol–water partition coefficient (Wildman–Crippen LogP) is 5.00. The molecule has 0 N–H and O–H groups in total. The van der Waals surface area contributed by atoms with Crippen molar-refractivity contribution in [3.05, 3.63) is 41.2 Å². The lowest BCUT2D eigenvalue weighted by Crippen LogP contribution is -2.04. The second-order valence-corrected chi connectivity index (χ2v) is 5.55. The van der Waals surface area contributed by atoms with Gasteiger partial charge in [-0.2, -0.15) is 0 Å². The summed E-state index contributed by atoms with van der Waals surface area (Å²) in [6, 6.07) is 7.97. The van der Waals surface area contributed by atoms with Crippen molar-refractivity contribution >= 4 is 5.69 Å². The first-order valence-corrected chi connectivity index (χ1v) is 5.98. The SMILES string of the molecule is [C-]#[N+]c1ccc(CCCCC(C)(C)C)cc1. The summed E-state index contributed by atoms with van der Waals surface area (Å²) in [5.41, 5.74) is 2.54. The molecule has 0 saturated heterocycles. The van der Waals surface area contributed by atoms with E-state index in [4.69, 9.17) is 6.57 Å². The van der Waals surface area contributed by atoms with Crippen LogP contribution in [0.5, 0.6) is 0 Å². The molecule has 1 aromatic carbocycles. The standard InChI is InChI=1S/C15H21N/c1-15(2,3)12-6-5-7-13-8-10-14(16-4)11-9-13/h8-11H,5-7,12H2,1-3H3. The van der Waals surface area contributed by atoms with Crippen LogP contribution in [0.4, 0.5) is 5.69 Å². The first-order valence-electron chi connectivity index (χ1n) is 5.98. The topological polar surface area (TPSA) is 4.36 Å². The van der Waals surface area contributed by atoms with Gasteiger partial charge in [0.15, 0.2) is 5.69 Å². The molecule has 0 unspecified atom stereocenters. The van der Waals surface area contributed by atoms with Crippen LogP contribution in [0.3, 0.4) is 0 Å². The van der Waals surface area contributed by atoms with Gasteiger partial charge >= 0.3 is 0 Å². The first-order chi connectivity index (χ1) is 7.51. The molecule has 0 radical (unpaired) electrons. The molecule has 0 bridgehead atoms. The van der Waals surface area contributed by atoms with Crippen LogP contribution >= 0.6 is 0 Å². The summed E-state index contributed by atoms with van der Waals surface area (Å²) in [7, 11) is 0. The fourth-order valence-corrected chi connectivity index (χ4v) is 1.72. The third kappa shape index (κ3) is 4.98. The molecule has 1 heteroatoms. The third-order valence-electron chi connectivity index (χ3n) is 2.71. The van der Waals surface area contributed by atoms with Crippen LogP contribution in [0.1, 0.15) is 45.6 Å². The Hall–Kier alpha value is -1.29. The lowest BCUT2D eigenvalue weighted by Gasteiger charge is -2.17. The number of hydrogen-bond donors (Lipinski definition) is 0. The van der Waals surface area contributed by atoms with Crippen molar-refractivity contribution < 1.29 is 0 Å². The summed E-state index contributed by atoms with van der Waals surface area (Å²) in [4.78, 5) is 3.39. The molecule has 0 spiro atoms.